The van der Waals surface area contributed by atoms with Crippen LogP contribution in [0.4, 0.5) is 0 Å². The van der Waals surface area contributed by atoms with E-state index < -0.39 is 39.7 Å². The van der Waals surface area contributed by atoms with Crippen LogP contribution < -0.4 is 0 Å². The Morgan fingerprint density at radius 1 is 0.287 bits per heavy atom. The Labute approximate surface area is 666 Å². The minimum absolute atomic E-state index is 0. The van der Waals surface area contributed by atoms with Gasteiger partial charge in [-0.3, -0.25) is 24.0 Å². The fourth-order valence-corrected chi connectivity index (χ4v) is 21.7. The van der Waals surface area contributed by atoms with Gasteiger partial charge in [0.25, 0.3) is 0 Å². The summed E-state index contributed by atoms with van der Waals surface area (Å²) in [6, 6.07) is 0. The Hall–Kier alpha value is -2.85. The largest absolute Gasteiger partial charge is 0.438 e. The van der Waals surface area contributed by atoms with Crippen molar-refractivity contribution in [3.63, 3.8) is 0 Å². The van der Waals surface area contributed by atoms with Gasteiger partial charge in [0.1, 0.15) is 0 Å². The number of esters is 5. The summed E-state index contributed by atoms with van der Waals surface area (Å²) in [5.41, 5.74) is -2.01. The zero-order valence-electron chi connectivity index (χ0n) is 64.5. The summed E-state index contributed by atoms with van der Waals surface area (Å²) in [5.74, 6) is 14.8. The first kappa shape index (κ1) is 105. The molecule has 15 atom stereocenters. The Morgan fingerprint density at radius 2 is 0.602 bits per heavy atom. The van der Waals surface area contributed by atoms with Crippen molar-refractivity contribution in [3.8, 4) is 0 Å². The van der Waals surface area contributed by atoms with Crippen molar-refractivity contribution >= 4 is 29.8 Å². The van der Waals surface area contributed by atoms with E-state index in [1.54, 1.807) is 0 Å². The van der Waals surface area contributed by atoms with Gasteiger partial charge in [0.15, 0.2) is 33.0 Å². The highest BCUT2D eigenvalue weighted by Crippen LogP contribution is 2.68. The van der Waals surface area contributed by atoms with Gasteiger partial charge in [-0.05, 0) is 369 Å². The lowest BCUT2D eigenvalue weighted by atomic mass is 9.55. The standard InChI is InChI=1S/C19H30O3.C18H30O3.C17H28O3.C15H26O3.C14H24O3.10CH4/c1-4-19(2,3)18(20)22-10-21-15-9-13-8-14(15)17-12-6-5-11(7-12)16(13)17;1-5-18(3,4)17(19)21-11(2)20-16-14-7-12-6-13(9-14)10-15(16)8-12;1-4-17(2,3)16(18)20-10-19-15-13-6-11-5-12(8-13)9-14(15)7-11;1-5-15(3,4)14(16)18-10(2)17-13-9-11-6-7-12(13)8-11;1-4-14(2,3)13(15)17-9-16-12-8-10-5-6-11(12)7-10;;;;;;;;;;/h11-17H,4-10H2,1-3H3;11-16H,5-10H2,1-4H3;11-15H,4-10H2,1-3H3;10-13H,5-9H2,1-4H3;10-12H,4-9H2,1-3H3;10*1H4. The van der Waals surface area contributed by atoms with E-state index in [1.807, 2.05) is 118 Å². The fourth-order valence-electron chi connectivity index (χ4n) is 21.7. The lowest BCUT2D eigenvalue weighted by Crippen LogP contribution is -2.50. The number of ether oxygens (including phenoxy) is 10. The van der Waals surface area contributed by atoms with Gasteiger partial charge in [-0.25, -0.2) is 0 Å². The van der Waals surface area contributed by atoms with Gasteiger partial charge in [0.05, 0.1) is 57.6 Å². The molecule has 0 aromatic heterocycles. The van der Waals surface area contributed by atoms with Crippen molar-refractivity contribution in [2.45, 2.75) is 415 Å². The molecule has 0 saturated heterocycles. The molecule has 0 spiro atoms. The third kappa shape index (κ3) is 25.1. The maximum absolute atomic E-state index is 12.2. The predicted octanol–water partition coefficient (Wildman–Crippen LogP) is 24.9. The van der Waals surface area contributed by atoms with Crippen molar-refractivity contribution in [3.05, 3.63) is 0 Å². The molecule has 16 fully saturated rings. The summed E-state index contributed by atoms with van der Waals surface area (Å²) in [7, 11) is 0. The number of carbonyl (C=O) groups excluding carboxylic acids is 5. The third-order valence-corrected chi connectivity index (χ3v) is 29.1. The van der Waals surface area contributed by atoms with Crippen LogP contribution in [0.25, 0.3) is 0 Å². The average molecular weight is 1540 g/mol. The fraction of sp³-hybridized carbons (Fsp3) is 0.946. The van der Waals surface area contributed by atoms with Crippen LogP contribution in [0.15, 0.2) is 0 Å². The lowest BCUT2D eigenvalue weighted by molar-refractivity contribution is -0.224. The van der Waals surface area contributed by atoms with Crippen LogP contribution in [-0.4, -0.2) is 93.3 Å². The molecular weight excluding hydrogens is 1360 g/mol. The number of rotatable bonds is 25. The van der Waals surface area contributed by atoms with Crippen LogP contribution >= 0.6 is 0 Å². The Balaban J connectivity index is 0.00000130. The highest BCUT2D eigenvalue weighted by molar-refractivity contribution is 5.77. The second kappa shape index (κ2) is 44.3. The summed E-state index contributed by atoms with van der Waals surface area (Å²) in [6.07, 6.45) is 35.7. The SMILES string of the molecule is C.C.C.C.C.C.C.C.C.C.CCC(C)(C)C(=O)OC(C)OC1C2CC3CC(C2)CC1C3.CCC(C)(C)C(=O)OC(C)OC1CC2CCC1C2.CCC(C)(C)C(=O)OCOC1C2CC3CC(C2)CC1C3.CCC(C)(C)C(=O)OCOC1CC2CC1C1C3CCC(C3)C21.CCC(C)(C)C(=O)OCOC1CC2CCC1C2. The van der Waals surface area contributed by atoms with Crippen molar-refractivity contribution in [2.75, 3.05) is 20.4 Å². The maximum Gasteiger partial charge on any atom is 0.313 e. The van der Waals surface area contributed by atoms with Crippen molar-refractivity contribution < 1.29 is 71.3 Å². The first-order valence-electron chi connectivity index (χ1n) is 40.4. The molecule has 640 valence electrons. The highest BCUT2D eigenvalue weighted by atomic mass is 16.7. The highest BCUT2D eigenvalue weighted by Gasteiger charge is 2.63. The van der Waals surface area contributed by atoms with Crippen LogP contribution in [0.2, 0.25) is 0 Å². The minimum atomic E-state index is -0.415. The van der Waals surface area contributed by atoms with Gasteiger partial charge in [-0.1, -0.05) is 109 Å². The molecule has 0 aromatic carbocycles. The molecule has 0 N–H and O–H groups in total. The van der Waals surface area contributed by atoms with Gasteiger partial charge < -0.3 is 47.4 Å². The van der Waals surface area contributed by atoms with E-state index in [9.17, 15) is 24.0 Å². The zero-order chi connectivity index (χ0) is 70.8. The van der Waals surface area contributed by atoms with Crippen molar-refractivity contribution in [2.24, 2.45) is 134 Å². The van der Waals surface area contributed by atoms with E-state index in [-0.39, 0.29) is 124 Å². The maximum atomic E-state index is 12.2. The molecule has 0 aliphatic heterocycles. The molecule has 16 bridgehead atoms. The van der Waals surface area contributed by atoms with Gasteiger partial charge >= 0.3 is 29.8 Å². The molecular formula is C93H178O15. The molecule has 0 amide bonds. The summed E-state index contributed by atoms with van der Waals surface area (Å²) < 4.78 is 56.7. The van der Waals surface area contributed by atoms with E-state index in [0.717, 1.165) is 127 Å². The second-order valence-corrected chi connectivity index (χ2v) is 37.7. The number of hydrogen-bond donors (Lipinski definition) is 0. The van der Waals surface area contributed by atoms with Gasteiger partial charge in [-0.15, -0.1) is 0 Å². The normalized spacial score (nSPS) is 34.5. The monoisotopic (exact) mass is 1540 g/mol. The first-order valence-corrected chi connectivity index (χ1v) is 40.4. The van der Waals surface area contributed by atoms with Crippen LogP contribution in [0.5, 0.6) is 0 Å². The Bertz CT molecular complexity index is 2590. The van der Waals surface area contributed by atoms with E-state index in [1.165, 1.54) is 141 Å². The van der Waals surface area contributed by atoms with Crippen LogP contribution in [0.1, 0.15) is 372 Å². The van der Waals surface area contributed by atoms with E-state index in [2.05, 4.69) is 0 Å². The van der Waals surface area contributed by atoms with Crippen LogP contribution in [0.3, 0.4) is 0 Å². The average Bonchev–Trinajstić information content (AvgIpc) is 1.54. The molecule has 15 heteroatoms. The lowest BCUT2D eigenvalue weighted by Gasteiger charge is -2.54. The zero-order valence-corrected chi connectivity index (χ0v) is 64.5. The predicted molar refractivity (Wildman–Crippen MR) is 445 cm³/mol. The summed E-state index contributed by atoms with van der Waals surface area (Å²) in [6.45, 7) is 33.5. The Morgan fingerprint density at radius 3 is 0.963 bits per heavy atom. The van der Waals surface area contributed by atoms with E-state index in [4.69, 9.17) is 47.4 Å². The van der Waals surface area contributed by atoms with Gasteiger partial charge in [-0.2, -0.15) is 0 Å². The quantitative estimate of drug-likeness (QED) is 0.0365. The molecule has 15 unspecified atom stereocenters. The van der Waals surface area contributed by atoms with Crippen molar-refractivity contribution in [1.29, 1.82) is 0 Å². The topological polar surface area (TPSA) is 178 Å². The van der Waals surface area contributed by atoms with Gasteiger partial charge in [0.2, 0.25) is 0 Å². The molecule has 0 heterocycles. The minimum Gasteiger partial charge on any atom is -0.438 e. The first-order chi connectivity index (χ1) is 46.3. The molecule has 16 saturated carbocycles. The molecule has 16 aliphatic carbocycles. The second-order valence-electron chi connectivity index (χ2n) is 37.7. The summed E-state index contributed by atoms with van der Waals surface area (Å²) >= 11 is 0. The van der Waals surface area contributed by atoms with Crippen molar-refractivity contribution in [1.82, 2.24) is 0 Å². The Kier molecular flexibility index (Phi) is 43.1. The van der Waals surface area contributed by atoms with E-state index >= 15 is 0 Å². The van der Waals surface area contributed by atoms with E-state index in [0.29, 0.717) is 48.3 Å². The van der Waals surface area contributed by atoms with Gasteiger partial charge in [0, 0.05) is 0 Å². The number of fused-ring (bicyclic) bond motifs is 13. The number of carbonyl (C=O) groups is 5. The van der Waals surface area contributed by atoms with Crippen LogP contribution in [-0.2, 0) is 71.3 Å². The molecule has 0 aromatic rings. The molecule has 108 heavy (non-hydrogen) atoms. The smallest absolute Gasteiger partial charge is 0.313 e. The number of hydrogen-bond acceptors (Lipinski definition) is 15. The van der Waals surface area contributed by atoms with Crippen LogP contribution in [0, 0.1) is 134 Å². The molecule has 15 nitrogen and oxygen atoms in total. The molecule has 16 aliphatic rings. The summed E-state index contributed by atoms with van der Waals surface area (Å²) in [4.78, 5) is 59.8. The molecule has 0 radical (unpaired) electrons. The molecule has 16 rings (SSSR count). The summed E-state index contributed by atoms with van der Waals surface area (Å²) in [5, 5.41) is 0. The third-order valence-electron chi connectivity index (χ3n) is 29.1.